The van der Waals surface area contributed by atoms with Crippen LogP contribution in [-0.2, 0) is 9.84 Å². The van der Waals surface area contributed by atoms with Crippen LogP contribution in [0.25, 0.3) is 0 Å². The fourth-order valence-electron chi connectivity index (χ4n) is 2.17. The molecule has 2 aromatic rings. The number of ether oxygens (including phenoxy) is 1. The topological polar surface area (TPSA) is 109 Å². The van der Waals surface area contributed by atoms with E-state index in [1.807, 2.05) is 0 Å². The van der Waals surface area contributed by atoms with E-state index in [-0.39, 0.29) is 32.6 Å². The lowest BCUT2D eigenvalue weighted by molar-refractivity contribution is 0.316. The maximum atomic E-state index is 12.7. The summed E-state index contributed by atoms with van der Waals surface area (Å²) in [4.78, 5) is 0.0224. The van der Waals surface area contributed by atoms with E-state index in [0.717, 1.165) is 6.21 Å². The van der Waals surface area contributed by atoms with Crippen LogP contribution in [0.5, 0.6) is 11.5 Å². The molecule has 8 heteroatoms. The number of oxime groups is 2. The zero-order chi connectivity index (χ0) is 15.7. The molecule has 3 rings (SSSR count). The van der Waals surface area contributed by atoms with E-state index < -0.39 is 9.84 Å². The Morgan fingerprint density at radius 2 is 1.77 bits per heavy atom. The first-order chi connectivity index (χ1) is 10.6. The quantitative estimate of drug-likeness (QED) is 0.428. The number of sulfone groups is 1. The van der Waals surface area contributed by atoms with E-state index in [9.17, 15) is 8.42 Å². The third kappa shape index (κ3) is 2.09. The Hall–Kier alpha value is -2.87. The standard InChI is InChI=1S/C14H10N2O5S/c17-15-8-10(16-18)9-5-6-12-14(7-9)22(19,20)13-4-2-1-3-11(13)21-12/h1-8,17-18H/b15-8+,16-10+. The number of hydrogen-bond donors (Lipinski definition) is 2. The lowest BCUT2D eigenvalue weighted by Crippen LogP contribution is -2.13. The van der Waals surface area contributed by atoms with Crippen molar-refractivity contribution >= 4 is 21.8 Å². The summed E-state index contributed by atoms with van der Waals surface area (Å²) in [7, 11) is -3.75. The summed E-state index contributed by atoms with van der Waals surface area (Å²) in [5.74, 6) is 0.441. The van der Waals surface area contributed by atoms with E-state index in [2.05, 4.69) is 10.3 Å². The molecule has 22 heavy (non-hydrogen) atoms. The largest absolute Gasteiger partial charge is 0.455 e. The van der Waals surface area contributed by atoms with E-state index >= 15 is 0 Å². The van der Waals surface area contributed by atoms with Crippen molar-refractivity contribution in [1.29, 1.82) is 0 Å². The summed E-state index contributed by atoms with van der Waals surface area (Å²) >= 11 is 0. The van der Waals surface area contributed by atoms with Gasteiger partial charge >= 0.3 is 0 Å². The summed E-state index contributed by atoms with van der Waals surface area (Å²) in [6.45, 7) is 0. The molecule has 1 aliphatic heterocycles. The molecule has 0 saturated heterocycles. The van der Waals surface area contributed by atoms with Gasteiger partial charge in [0.05, 0.1) is 6.21 Å². The normalized spacial score (nSPS) is 15.9. The molecule has 0 bridgehead atoms. The van der Waals surface area contributed by atoms with E-state index in [1.54, 1.807) is 18.2 Å². The van der Waals surface area contributed by atoms with Crippen LogP contribution in [0.3, 0.4) is 0 Å². The number of hydrogen-bond acceptors (Lipinski definition) is 7. The second kappa shape index (κ2) is 5.15. The maximum Gasteiger partial charge on any atom is 0.213 e. The minimum Gasteiger partial charge on any atom is -0.455 e. The van der Waals surface area contributed by atoms with Crippen LogP contribution in [0.15, 0.2) is 62.6 Å². The lowest BCUT2D eigenvalue weighted by Gasteiger charge is -2.20. The van der Waals surface area contributed by atoms with Crippen LogP contribution in [0.1, 0.15) is 5.56 Å². The highest BCUT2D eigenvalue weighted by atomic mass is 32.2. The molecule has 0 amide bonds. The van der Waals surface area contributed by atoms with Gasteiger partial charge in [-0.25, -0.2) is 8.42 Å². The van der Waals surface area contributed by atoms with Crippen molar-refractivity contribution in [3.63, 3.8) is 0 Å². The predicted octanol–water partition coefficient (Wildman–Crippen LogP) is 2.26. The van der Waals surface area contributed by atoms with Crippen molar-refractivity contribution in [2.75, 3.05) is 0 Å². The molecule has 2 N–H and O–H groups in total. The van der Waals surface area contributed by atoms with Gasteiger partial charge in [0, 0.05) is 5.56 Å². The Bertz CT molecular complexity index is 903. The van der Waals surface area contributed by atoms with Gasteiger partial charge in [0.1, 0.15) is 27.0 Å². The Labute approximate surface area is 125 Å². The molecule has 0 saturated carbocycles. The first-order valence-electron chi connectivity index (χ1n) is 6.14. The SMILES string of the molecule is O=S1(=O)c2ccccc2Oc2ccc(C(/C=N/O)=N/O)cc21. The monoisotopic (exact) mass is 318 g/mol. The second-order valence-corrected chi connectivity index (χ2v) is 6.33. The van der Waals surface area contributed by atoms with Gasteiger partial charge in [-0.2, -0.15) is 0 Å². The first kappa shape index (κ1) is 14.1. The van der Waals surface area contributed by atoms with Gasteiger partial charge in [-0.15, -0.1) is 0 Å². The van der Waals surface area contributed by atoms with E-state index in [4.69, 9.17) is 15.2 Å². The average molecular weight is 318 g/mol. The lowest BCUT2D eigenvalue weighted by atomic mass is 10.1. The van der Waals surface area contributed by atoms with Crippen LogP contribution in [0.4, 0.5) is 0 Å². The highest BCUT2D eigenvalue weighted by Gasteiger charge is 2.31. The molecule has 0 fully saturated rings. The van der Waals surface area contributed by atoms with Gasteiger partial charge in [0.2, 0.25) is 9.84 Å². The Morgan fingerprint density at radius 3 is 2.50 bits per heavy atom. The van der Waals surface area contributed by atoms with Crippen LogP contribution < -0.4 is 4.74 Å². The highest BCUT2D eigenvalue weighted by molar-refractivity contribution is 7.91. The van der Waals surface area contributed by atoms with Gasteiger partial charge in [0.25, 0.3) is 0 Å². The van der Waals surface area contributed by atoms with Gasteiger partial charge in [0.15, 0.2) is 0 Å². The molecular weight excluding hydrogens is 308 g/mol. The second-order valence-electron chi connectivity index (χ2n) is 4.44. The minimum atomic E-state index is -3.75. The zero-order valence-electron chi connectivity index (χ0n) is 11.0. The van der Waals surface area contributed by atoms with Crippen molar-refractivity contribution in [2.45, 2.75) is 9.79 Å². The number of para-hydroxylation sites is 1. The summed E-state index contributed by atoms with van der Waals surface area (Å²) in [5, 5.41) is 23.2. The molecule has 7 nitrogen and oxygen atoms in total. The van der Waals surface area contributed by atoms with Gasteiger partial charge < -0.3 is 15.2 Å². The molecule has 0 aliphatic carbocycles. The van der Waals surface area contributed by atoms with Crippen molar-refractivity contribution in [2.24, 2.45) is 10.3 Å². The van der Waals surface area contributed by atoms with Gasteiger partial charge in [-0.05, 0) is 30.3 Å². The Balaban J connectivity index is 2.20. The third-order valence-electron chi connectivity index (χ3n) is 3.18. The maximum absolute atomic E-state index is 12.7. The number of nitrogens with zero attached hydrogens (tertiary/aromatic N) is 2. The summed E-state index contributed by atoms with van der Waals surface area (Å²) in [6.07, 6.45) is 0.895. The average Bonchev–Trinajstić information content (AvgIpc) is 2.53. The summed E-state index contributed by atoms with van der Waals surface area (Å²) in [5.41, 5.74) is 0.185. The molecule has 1 heterocycles. The fraction of sp³-hybridized carbons (Fsp3) is 0. The van der Waals surface area contributed by atoms with Gasteiger partial charge in [-0.3, -0.25) is 0 Å². The van der Waals surface area contributed by atoms with Gasteiger partial charge in [-0.1, -0.05) is 22.4 Å². The first-order valence-corrected chi connectivity index (χ1v) is 7.62. The zero-order valence-corrected chi connectivity index (χ0v) is 11.9. The van der Waals surface area contributed by atoms with Crippen LogP contribution in [0, 0.1) is 0 Å². The molecule has 1 aliphatic rings. The van der Waals surface area contributed by atoms with Crippen LogP contribution in [-0.4, -0.2) is 30.8 Å². The Morgan fingerprint density at radius 1 is 1.05 bits per heavy atom. The fourth-order valence-corrected chi connectivity index (χ4v) is 3.69. The number of rotatable bonds is 2. The van der Waals surface area contributed by atoms with Crippen molar-refractivity contribution < 1.29 is 23.6 Å². The van der Waals surface area contributed by atoms with Crippen molar-refractivity contribution in [1.82, 2.24) is 0 Å². The summed E-state index contributed by atoms with van der Waals surface area (Å²) < 4.78 is 30.9. The number of fused-ring (bicyclic) bond motifs is 2. The highest BCUT2D eigenvalue weighted by Crippen LogP contribution is 2.42. The molecule has 0 unspecified atom stereocenters. The summed E-state index contributed by atoms with van der Waals surface area (Å²) in [6, 6.07) is 10.6. The van der Waals surface area contributed by atoms with Crippen LogP contribution in [0.2, 0.25) is 0 Å². The van der Waals surface area contributed by atoms with E-state index in [0.29, 0.717) is 0 Å². The van der Waals surface area contributed by atoms with E-state index in [1.165, 1.54) is 24.3 Å². The molecule has 112 valence electrons. The molecule has 2 aromatic carbocycles. The predicted molar refractivity (Wildman–Crippen MR) is 77.0 cm³/mol. The Kier molecular flexibility index (Phi) is 3.30. The molecule has 0 atom stereocenters. The molecular formula is C14H10N2O5S. The molecule has 0 spiro atoms. The molecule has 0 radical (unpaired) electrons. The third-order valence-corrected chi connectivity index (χ3v) is 4.99. The number of benzene rings is 2. The molecule has 0 aromatic heterocycles. The smallest absolute Gasteiger partial charge is 0.213 e. The van der Waals surface area contributed by atoms with Crippen LogP contribution >= 0.6 is 0 Å². The minimum absolute atomic E-state index is 0.0452. The van der Waals surface area contributed by atoms with Crippen molar-refractivity contribution in [3.05, 3.63) is 48.0 Å². The van der Waals surface area contributed by atoms with Crippen molar-refractivity contribution in [3.8, 4) is 11.5 Å².